The fraction of sp³-hybridized carbons (Fsp3) is 0.258. The summed E-state index contributed by atoms with van der Waals surface area (Å²) >= 11 is 0. The number of anilines is 3. The van der Waals surface area contributed by atoms with Gasteiger partial charge in [-0.1, -0.05) is 0 Å². The first-order chi connectivity index (χ1) is 20.9. The van der Waals surface area contributed by atoms with Crippen molar-refractivity contribution in [1.29, 1.82) is 0 Å². The standard InChI is InChI=1S/C30H33N5O4S.CH2O2/c1-38-26-13-15-28(16-14-26)40(36,37)34-25-9-7-24(8-10-25)33-30-21-29(31-22-32-30)23-5-11-27(12-6-23)39-20-4-19-35-17-2-3-18-35;2-1-3/h5-16,21-22,34H,2-4,17-20H2,1H3,(H,31,32,33);1H,(H,2,3). The minimum Gasteiger partial charge on any atom is -0.497 e. The topological polar surface area (TPSA) is 143 Å². The molecule has 1 aliphatic rings. The van der Waals surface area contributed by atoms with E-state index in [4.69, 9.17) is 19.4 Å². The average Bonchev–Trinajstić information content (AvgIpc) is 3.55. The van der Waals surface area contributed by atoms with Crippen LogP contribution in [0.25, 0.3) is 11.3 Å². The summed E-state index contributed by atoms with van der Waals surface area (Å²) in [5.74, 6) is 2.06. The monoisotopic (exact) mass is 605 g/mol. The number of carbonyl (C=O) groups is 1. The van der Waals surface area contributed by atoms with Crippen molar-refractivity contribution in [3.05, 3.63) is 85.2 Å². The maximum Gasteiger partial charge on any atom is 0.290 e. The molecule has 43 heavy (non-hydrogen) atoms. The summed E-state index contributed by atoms with van der Waals surface area (Å²) in [6.45, 7) is 3.97. The Bertz CT molecular complexity index is 1540. The van der Waals surface area contributed by atoms with Crippen LogP contribution in [-0.2, 0) is 14.8 Å². The molecule has 12 heteroatoms. The van der Waals surface area contributed by atoms with Crippen LogP contribution in [0.15, 0.2) is 90.1 Å². The van der Waals surface area contributed by atoms with Gasteiger partial charge in [0.05, 0.1) is 24.3 Å². The molecule has 3 N–H and O–H groups in total. The molecule has 0 saturated carbocycles. The summed E-state index contributed by atoms with van der Waals surface area (Å²) in [4.78, 5) is 19.7. The van der Waals surface area contributed by atoms with Crippen molar-refractivity contribution in [2.45, 2.75) is 24.2 Å². The van der Waals surface area contributed by atoms with Gasteiger partial charge >= 0.3 is 0 Å². The van der Waals surface area contributed by atoms with Crippen LogP contribution < -0.4 is 19.5 Å². The summed E-state index contributed by atoms with van der Waals surface area (Å²) in [5.41, 5.74) is 2.94. The molecule has 0 aliphatic carbocycles. The van der Waals surface area contributed by atoms with Gasteiger partial charge in [-0.05, 0) is 105 Å². The molecular formula is C31H35N5O6S. The van der Waals surface area contributed by atoms with E-state index in [0.717, 1.165) is 35.7 Å². The largest absolute Gasteiger partial charge is 0.497 e. The Morgan fingerprint density at radius 2 is 1.53 bits per heavy atom. The first kappa shape index (κ1) is 31.3. The van der Waals surface area contributed by atoms with Gasteiger partial charge in [0.25, 0.3) is 16.5 Å². The SMILES string of the molecule is COc1ccc(S(=O)(=O)Nc2ccc(Nc3cc(-c4ccc(OCCCN5CCCC5)cc4)ncn3)cc2)cc1.O=CO. The van der Waals surface area contributed by atoms with E-state index in [1.807, 2.05) is 30.3 Å². The Morgan fingerprint density at radius 1 is 0.907 bits per heavy atom. The summed E-state index contributed by atoms with van der Waals surface area (Å²) < 4.78 is 39.0. The van der Waals surface area contributed by atoms with Crippen LogP contribution in [0.4, 0.5) is 17.2 Å². The van der Waals surface area contributed by atoms with Gasteiger partial charge in [-0.2, -0.15) is 0 Å². The van der Waals surface area contributed by atoms with Crippen molar-refractivity contribution < 1.29 is 27.8 Å². The van der Waals surface area contributed by atoms with E-state index in [2.05, 4.69) is 24.9 Å². The second-order valence-electron chi connectivity index (χ2n) is 9.65. The minimum absolute atomic E-state index is 0.154. The predicted molar refractivity (Wildman–Crippen MR) is 165 cm³/mol. The molecule has 5 rings (SSSR count). The molecule has 226 valence electrons. The number of methoxy groups -OCH3 is 1. The number of carboxylic acid groups (broad SMARTS) is 1. The van der Waals surface area contributed by atoms with E-state index < -0.39 is 10.0 Å². The van der Waals surface area contributed by atoms with E-state index >= 15 is 0 Å². The van der Waals surface area contributed by atoms with E-state index in [0.29, 0.717) is 23.9 Å². The van der Waals surface area contributed by atoms with Crippen molar-refractivity contribution >= 4 is 33.7 Å². The maximum atomic E-state index is 12.7. The molecule has 2 heterocycles. The van der Waals surface area contributed by atoms with Gasteiger partial charge in [-0.3, -0.25) is 9.52 Å². The molecule has 0 atom stereocenters. The van der Waals surface area contributed by atoms with Crippen LogP contribution in [0.5, 0.6) is 11.5 Å². The second-order valence-corrected chi connectivity index (χ2v) is 11.3. The smallest absolute Gasteiger partial charge is 0.290 e. The lowest BCUT2D eigenvalue weighted by molar-refractivity contribution is -0.122. The number of ether oxygens (including phenoxy) is 2. The minimum atomic E-state index is -3.72. The number of hydrogen-bond acceptors (Lipinski definition) is 9. The Kier molecular flexibility index (Phi) is 11.3. The zero-order valence-electron chi connectivity index (χ0n) is 23.8. The Balaban J connectivity index is 0.00000135. The highest BCUT2D eigenvalue weighted by Crippen LogP contribution is 2.25. The molecule has 0 spiro atoms. The van der Waals surface area contributed by atoms with Crippen molar-refractivity contribution in [1.82, 2.24) is 14.9 Å². The fourth-order valence-corrected chi connectivity index (χ4v) is 5.59. The van der Waals surface area contributed by atoms with Crippen LogP contribution in [0.2, 0.25) is 0 Å². The lowest BCUT2D eigenvalue weighted by Gasteiger charge is -2.14. The van der Waals surface area contributed by atoms with Crippen molar-refractivity contribution in [3.63, 3.8) is 0 Å². The molecule has 0 radical (unpaired) electrons. The molecule has 11 nitrogen and oxygen atoms in total. The lowest BCUT2D eigenvalue weighted by atomic mass is 10.1. The fourth-order valence-electron chi connectivity index (χ4n) is 4.53. The summed E-state index contributed by atoms with van der Waals surface area (Å²) in [6, 6.07) is 22.9. The zero-order chi connectivity index (χ0) is 30.5. The molecule has 0 amide bonds. The third-order valence-corrected chi connectivity index (χ3v) is 8.08. The highest BCUT2D eigenvalue weighted by Gasteiger charge is 2.14. The van der Waals surface area contributed by atoms with Gasteiger partial charge in [0.2, 0.25) is 0 Å². The van der Waals surface area contributed by atoms with Gasteiger partial charge in [0, 0.05) is 29.5 Å². The highest BCUT2D eigenvalue weighted by atomic mass is 32.2. The Hall–Kier alpha value is -4.68. The summed E-state index contributed by atoms with van der Waals surface area (Å²) in [7, 11) is -2.19. The van der Waals surface area contributed by atoms with E-state index in [9.17, 15) is 8.42 Å². The van der Waals surface area contributed by atoms with E-state index in [-0.39, 0.29) is 11.4 Å². The molecule has 1 aromatic heterocycles. The van der Waals surface area contributed by atoms with Crippen molar-refractivity contribution in [2.75, 3.05) is 43.4 Å². The number of nitrogens with zero attached hydrogens (tertiary/aromatic N) is 3. The molecule has 1 saturated heterocycles. The highest BCUT2D eigenvalue weighted by molar-refractivity contribution is 7.92. The van der Waals surface area contributed by atoms with Crippen molar-refractivity contribution in [2.24, 2.45) is 0 Å². The van der Waals surface area contributed by atoms with Crippen LogP contribution in [0.3, 0.4) is 0 Å². The van der Waals surface area contributed by atoms with Gasteiger partial charge in [0.1, 0.15) is 23.6 Å². The van der Waals surface area contributed by atoms with Gasteiger partial charge in [-0.15, -0.1) is 0 Å². The van der Waals surface area contributed by atoms with Crippen molar-refractivity contribution in [3.8, 4) is 22.8 Å². The number of benzene rings is 3. The molecular weight excluding hydrogens is 570 g/mol. The third kappa shape index (κ3) is 9.42. The van der Waals surface area contributed by atoms with E-state index in [1.165, 1.54) is 51.5 Å². The summed E-state index contributed by atoms with van der Waals surface area (Å²) in [6.07, 6.45) is 5.16. The Labute approximate surface area is 251 Å². The molecule has 4 aromatic rings. The number of aromatic nitrogens is 2. The molecule has 1 aliphatic heterocycles. The van der Waals surface area contributed by atoms with Gasteiger partial charge in [-0.25, -0.2) is 18.4 Å². The van der Waals surface area contributed by atoms with Gasteiger partial charge in [0.15, 0.2) is 0 Å². The number of likely N-dealkylation sites (tertiary alicyclic amines) is 1. The maximum absolute atomic E-state index is 12.7. The Morgan fingerprint density at radius 3 is 2.19 bits per heavy atom. The predicted octanol–water partition coefficient (Wildman–Crippen LogP) is 5.26. The van der Waals surface area contributed by atoms with Crippen LogP contribution in [-0.4, -0.2) is 68.2 Å². The molecule has 1 fully saturated rings. The number of rotatable bonds is 12. The first-order valence-electron chi connectivity index (χ1n) is 13.8. The number of hydrogen-bond donors (Lipinski definition) is 3. The van der Waals surface area contributed by atoms with Gasteiger partial charge < -0.3 is 24.8 Å². The molecule has 0 unspecified atom stereocenters. The van der Waals surface area contributed by atoms with Crippen LogP contribution >= 0.6 is 0 Å². The number of nitrogens with one attached hydrogen (secondary N) is 2. The second kappa shape index (κ2) is 15.5. The summed E-state index contributed by atoms with van der Waals surface area (Å²) in [5, 5.41) is 10.1. The quantitative estimate of drug-likeness (QED) is 0.144. The number of sulfonamides is 1. The molecule has 3 aromatic carbocycles. The van der Waals surface area contributed by atoms with E-state index in [1.54, 1.807) is 36.4 Å². The first-order valence-corrected chi connectivity index (χ1v) is 15.3. The third-order valence-electron chi connectivity index (χ3n) is 6.68. The van der Waals surface area contributed by atoms with Crippen LogP contribution in [0.1, 0.15) is 19.3 Å². The average molecular weight is 606 g/mol. The van der Waals surface area contributed by atoms with Crippen LogP contribution in [0, 0.1) is 0 Å². The lowest BCUT2D eigenvalue weighted by Crippen LogP contribution is -2.21. The zero-order valence-corrected chi connectivity index (χ0v) is 24.7. The molecule has 0 bridgehead atoms. The normalized spacial score (nSPS) is 13.0.